The molecule has 3 aliphatic rings. The highest BCUT2D eigenvalue weighted by Gasteiger charge is 2.35. The number of nitrogens with zero attached hydrogens (tertiary/aromatic N) is 4. The summed E-state index contributed by atoms with van der Waals surface area (Å²) in [6.45, 7) is 7.93. The van der Waals surface area contributed by atoms with E-state index in [1.165, 1.54) is 25.0 Å². The molecule has 6 nitrogen and oxygen atoms in total. The second-order valence-electron chi connectivity index (χ2n) is 8.97. The average Bonchev–Trinajstić information content (AvgIpc) is 3.71. The molecular formula is C26H35FN4O2. The van der Waals surface area contributed by atoms with Crippen molar-refractivity contribution in [1.29, 1.82) is 0 Å². The van der Waals surface area contributed by atoms with Crippen molar-refractivity contribution in [2.24, 2.45) is 5.92 Å². The fourth-order valence-electron chi connectivity index (χ4n) is 4.83. The molecule has 1 aromatic carbocycles. The van der Waals surface area contributed by atoms with Crippen molar-refractivity contribution in [1.82, 2.24) is 14.8 Å². The smallest absolute Gasteiger partial charge is 0.257 e. The van der Waals surface area contributed by atoms with Crippen LogP contribution in [0.5, 0.6) is 0 Å². The summed E-state index contributed by atoms with van der Waals surface area (Å²) < 4.78 is 14.2. The minimum atomic E-state index is -0.317. The number of anilines is 1. The van der Waals surface area contributed by atoms with E-state index < -0.39 is 0 Å². The molecule has 2 aromatic rings. The number of aromatic nitrogens is 1. The van der Waals surface area contributed by atoms with Crippen LogP contribution in [-0.2, 0) is 4.79 Å². The first-order valence-electron chi connectivity index (χ1n) is 12.5. The van der Waals surface area contributed by atoms with Crippen LogP contribution < -0.4 is 4.90 Å². The molecule has 178 valence electrons. The molecule has 33 heavy (non-hydrogen) atoms. The molecule has 0 atom stereocenters. The SMILES string of the molecule is CC.O=C(c1cnc2ccc(F)cc2c1N1CCCCCC1)N1CCN(C(=O)C2CC2)CC1. The van der Waals surface area contributed by atoms with Crippen molar-refractivity contribution < 1.29 is 14.0 Å². The van der Waals surface area contributed by atoms with Gasteiger partial charge in [-0.1, -0.05) is 26.7 Å². The van der Waals surface area contributed by atoms with E-state index in [1.807, 2.05) is 23.6 Å². The van der Waals surface area contributed by atoms with E-state index in [1.54, 1.807) is 12.3 Å². The van der Waals surface area contributed by atoms with Gasteiger partial charge in [-0.15, -0.1) is 0 Å². The molecule has 1 aromatic heterocycles. The zero-order valence-corrected chi connectivity index (χ0v) is 19.9. The van der Waals surface area contributed by atoms with Gasteiger partial charge in [0, 0.05) is 56.8 Å². The van der Waals surface area contributed by atoms with E-state index in [-0.39, 0.29) is 23.5 Å². The number of piperazine rings is 1. The van der Waals surface area contributed by atoms with Gasteiger partial charge in [-0.3, -0.25) is 14.6 Å². The first-order chi connectivity index (χ1) is 16.1. The van der Waals surface area contributed by atoms with Gasteiger partial charge in [0.25, 0.3) is 5.91 Å². The minimum Gasteiger partial charge on any atom is -0.370 e. The van der Waals surface area contributed by atoms with Crippen LogP contribution in [0.3, 0.4) is 0 Å². The van der Waals surface area contributed by atoms with E-state index >= 15 is 0 Å². The molecule has 7 heteroatoms. The van der Waals surface area contributed by atoms with Crippen LogP contribution in [0, 0.1) is 11.7 Å². The Kier molecular flexibility index (Phi) is 7.46. The van der Waals surface area contributed by atoms with Gasteiger partial charge in [0.1, 0.15) is 5.82 Å². The monoisotopic (exact) mass is 454 g/mol. The maximum Gasteiger partial charge on any atom is 0.257 e. The Balaban J connectivity index is 0.00000126. The number of halogens is 1. The third-order valence-electron chi connectivity index (χ3n) is 6.76. The van der Waals surface area contributed by atoms with Gasteiger partial charge in [-0.2, -0.15) is 0 Å². The largest absolute Gasteiger partial charge is 0.370 e. The number of hydrogen-bond acceptors (Lipinski definition) is 4. The molecule has 2 aliphatic heterocycles. The molecule has 5 rings (SSSR count). The van der Waals surface area contributed by atoms with E-state index in [2.05, 4.69) is 9.88 Å². The van der Waals surface area contributed by atoms with Gasteiger partial charge in [0.05, 0.1) is 16.8 Å². The highest BCUT2D eigenvalue weighted by molar-refractivity contribution is 6.07. The summed E-state index contributed by atoms with van der Waals surface area (Å²) in [5.74, 6) is 0.0512. The number of rotatable bonds is 3. The standard InChI is InChI=1S/C24H29FN4O2.C2H6/c25-18-7-8-21-19(15-18)22(27-9-3-1-2-4-10-27)20(16-26-21)24(31)29-13-11-28(12-14-29)23(30)17-5-6-17;1-2/h7-8,15-17H,1-6,9-14H2;1-2H3. The molecule has 0 radical (unpaired) electrons. The van der Waals surface area contributed by atoms with Crippen LogP contribution in [0.25, 0.3) is 10.9 Å². The minimum absolute atomic E-state index is 0.0728. The van der Waals surface area contributed by atoms with Gasteiger partial charge >= 0.3 is 0 Å². The van der Waals surface area contributed by atoms with Gasteiger partial charge in [0.2, 0.25) is 5.91 Å². The number of fused-ring (bicyclic) bond motifs is 1. The lowest BCUT2D eigenvalue weighted by molar-refractivity contribution is -0.134. The summed E-state index contributed by atoms with van der Waals surface area (Å²) in [7, 11) is 0. The van der Waals surface area contributed by atoms with Crippen molar-refractivity contribution in [2.75, 3.05) is 44.2 Å². The van der Waals surface area contributed by atoms with E-state index in [0.29, 0.717) is 42.6 Å². The molecule has 2 saturated heterocycles. The Morgan fingerprint density at radius 3 is 2.18 bits per heavy atom. The molecule has 3 heterocycles. The summed E-state index contributed by atoms with van der Waals surface area (Å²) in [6, 6.07) is 4.60. The first kappa shape index (κ1) is 23.5. The summed E-state index contributed by atoms with van der Waals surface area (Å²) in [5, 5.41) is 0.704. The average molecular weight is 455 g/mol. The van der Waals surface area contributed by atoms with Crippen LogP contribution in [0.15, 0.2) is 24.4 Å². The fraction of sp³-hybridized carbons (Fsp3) is 0.577. The highest BCUT2D eigenvalue weighted by Crippen LogP contribution is 2.34. The molecule has 3 fully saturated rings. The highest BCUT2D eigenvalue weighted by atomic mass is 19.1. The third kappa shape index (κ3) is 5.12. The van der Waals surface area contributed by atoms with Crippen LogP contribution in [-0.4, -0.2) is 65.9 Å². The van der Waals surface area contributed by atoms with Crippen LogP contribution in [0.1, 0.15) is 62.7 Å². The van der Waals surface area contributed by atoms with E-state index in [9.17, 15) is 14.0 Å². The predicted molar refractivity (Wildman–Crippen MR) is 129 cm³/mol. The van der Waals surface area contributed by atoms with E-state index in [0.717, 1.165) is 44.5 Å². The summed E-state index contributed by atoms with van der Waals surface area (Å²) in [6.07, 6.45) is 8.13. The molecular weight excluding hydrogens is 419 g/mol. The van der Waals surface area contributed by atoms with Crippen molar-refractivity contribution in [3.8, 4) is 0 Å². The van der Waals surface area contributed by atoms with Gasteiger partial charge in [-0.25, -0.2) is 4.39 Å². The van der Waals surface area contributed by atoms with Crippen molar-refractivity contribution in [3.63, 3.8) is 0 Å². The molecule has 0 unspecified atom stereocenters. The number of pyridine rings is 1. The second-order valence-corrected chi connectivity index (χ2v) is 8.97. The summed E-state index contributed by atoms with van der Waals surface area (Å²) >= 11 is 0. The summed E-state index contributed by atoms with van der Waals surface area (Å²) in [5.41, 5.74) is 2.06. The molecule has 2 amide bonds. The zero-order chi connectivity index (χ0) is 23.4. The maximum atomic E-state index is 14.2. The maximum absolute atomic E-state index is 14.2. The Hall–Kier alpha value is -2.70. The summed E-state index contributed by atoms with van der Waals surface area (Å²) in [4.78, 5) is 36.4. The number of carbonyl (C=O) groups is 2. The van der Waals surface area contributed by atoms with Crippen molar-refractivity contribution in [2.45, 2.75) is 52.4 Å². The molecule has 0 N–H and O–H groups in total. The molecule has 0 spiro atoms. The number of amides is 2. The fourth-order valence-corrected chi connectivity index (χ4v) is 4.83. The quantitative estimate of drug-likeness (QED) is 0.686. The van der Waals surface area contributed by atoms with E-state index in [4.69, 9.17) is 0 Å². The van der Waals surface area contributed by atoms with Crippen molar-refractivity contribution in [3.05, 3.63) is 35.8 Å². The Morgan fingerprint density at radius 2 is 1.55 bits per heavy atom. The lowest BCUT2D eigenvalue weighted by Gasteiger charge is -2.36. The van der Waals surface area contributed by atoms with Gasteiger partial charge < -0.3 is 14.7 Å². The first-order valence-corrected chi connectivity index (χ1v) is 12.5. The zero-order valence-electron chi connectivity index (χ0n) is 19.9. The van der Waals surface area contributed by atoms with Gasteiger partial charge in [-0.05, 0) is 43.9 Å². The Labute approximate surface area is 195 Å². The van der Waals surface area contributed by atoms with Gasteiger partial charge in [0.15, 0.2) is 0 Å². The number of benzene rings is 1. The van der Waals surface area contributed by atoms with Crippen molar-refractivity contribution >= 4 is 28.4 Å². The molecule has 1 saturated carbocycles. The second kappa shape index (κ2) is 10.5. The van der Waals surface area contributed by atoms with Crippen LogP contribution >= 0.6 is 0 Å². The number of carbonyl (C=O) groups excluding carboxylic acids is 2. The third-order valence-corrected chi connectivity index (χ3v) is 6.76. The lowest BCUT2D eigenvalue weighted by atomic mass is 10.1. The Morgan fingerprint density at radius 1 is 0.909 bits per heavy atom. The lowest BCUT2D eigenvalue weighted by Crippen LogP contribution is -2.51. The van der Waals surface area contributed by atoms with Crippen LogP contribution in [0.4, 0.5) is 10.1 Å². The Bertz CT molecular complexity index is 991. The predicted octanol–water partition coefficient (Wildman–Crippen LogP) is 4.47. The molecule has 1 aliphatic carbocycles. The molecule has 0 bridgehead atoms. The normalized spacial score (nSPS) is 19.1. The van der Waals surface area contributed by atoms with Crippen LogP contribution in [0.2, 0.25) is 0 Å². The number of hydrogen-bond donors (Lipinski definition) is 0. The topological polar surface area (TPSA) is 56.8 Å².